The molecule has 2 aromatic heterocycles. The van der Waals surface area contributed by atoms with Crippen LogP contribution in [-0.4, -0.2) is 39.4 Å². The van der Waals surface area contributed by atoms with Gasteiger partial charge in [-0.25, -0.2) is 27.9 Å². The van der Waals surface area contributed by atoms with Crippen LogP contribution in [0.2, 0.25) is 0 Å². The third kappa shape index (κ3) is 5.03. The monoisotopic (exact) mass is 474 g/mol. The van der Waals surface area contributed by atoms with E-state index in [9.17, 15) is 31.1 Å². The minimum atomic E-state index is -4.78. The fourth-order valence-corrected chi connectivity index (χ4v) is 3.19. The van der Waals surface area contributed by atoms with Gasteiger partial charge in [-0.15, -0.1) is 0 Å². The molecule has 0 radical (unpaired) electrons. The van der Waals surface area contributed by atoms with Crippen molar-refractivity contribution < 1.29 is 31.1 Å². The highest BCUT2D eigenvalue weighted by molar-refractivity contribution is 7.89. The van der Waals surface area contributed by atoms with Crippen molar-refractivity contribution in [2.45, 2.75) is 37.1 Å². The Hall–Kier alpha value is -3.10. The molecule has 0 aliphatic rings. The molecule has 4 N–H and O–H groups in total. The molecule has 32 heavy (non-hydrogen) atoms. The molecule has 0 saturated heterocycles. The average molecular weight is 474 g/mol. The highest BCUT2D eigenvalue weighted by Gasteiger charge is 2.36. The SMILES string of the molecule is C[C@H](O)[C@H](C)n1cc(-c2nc(Nc3ccc(S(N)(=O)=O)cc3F)ncc2C(F)(F)F)cn1. The van der Waals surface area contributed by atoms with Crippen molar-refractivity contribution in [3.05, 3.63) is 48.2 Å². The minimum Gasteiger partial charge on any atom is -0.391 e. The van der Waals surface area contributed by atoms with E-state index in [2.05, 4.69) is 20.4 Å². The lowest BCUT2D eigenvalue weighted by Gasteiger charge is -2.15. The minimum absolute atomic E-state index is 0.000296. The molecule has 0 saturated carbocycles. The van der Waals surface area contributed by atoms with Crippen molar-refractivity contribution in [2.75, 3.05) is 5.32 Å². The summed E-state index contributed by atoms with van der Waals surface area (Å²) in [6, 6.07) is 2.21. The van der Waals surface area contributed by atoms with Crippen molar-refractivity contribution in [3.8, 4) is 11.3 Å². The second kappa shape index (κ2) is 8.44. The number of alkyl halides is 3. The Morgan fingerprint density at radius 1 is 1.22 bits per heavy atom. The first kappa shape index (κ1) is 23.6. The van der Waals surface area contributed by atoms with E-state index in [0.29, 0.717) is 12.3 Å². The topological polar surface area (TPSA) is 136 Å². The van der Waals surface area contributed by atoms with Crippen molar-refractivity contribution in [1.82, 2.24) is 19.7 Å². The zero-order chi connectivity index (χ0) is 23.8. The summed E-state index contributed by atoms with van der Waals surface area (Å²) in [5.74, 6) is -1.40. The summed E-state index contributed by atoms with van der Waals surface area (Å²) in [4.78, 5) is 6.98. The number of aromatic nitrogens is 4. The second-order valence-electron chi connectivity index (χ2n) is 6.96. The maximum atomic E-state index is 14.3. The number of benzene rings is 1. The fraction of sp³-hybridized carbons (Fsp3) is 0.278. The van der Waals surface area contributed by atoms with E-state index in [4.69, 9.17) is 5.14 Å². The molecule has 0 aliphatic carbocycles. The number of aliphatic hydroxyl groups excluding tert-OH is 1. The first-order valence-corrected chi connectivity index (χ1v) is 10.6. The molecule has 14 heteroatoms. The van der Waals surface area contributed by atoms with Crippen molar-refractivity contribution in [1.29, 1.82) is 0 Å². The van der Waals surface area contributed by atoms with Crippen LogP contribution >= 0.6 is 0 Å². The molecule has 0 aliphatic heterocycles. The molecule has 3 rings (SSSR count). The number of rotatable bonds is 6. The standard InChI is InChI=1S/C18H18F4N6O3S/c1-9(10(2)29)28-8-11(6-25-28)16-13(18(20,21)22)7-24-17(27-16)26-15-4-3-12(5-14(15)19)32(23,30)31/h3-10,29H,1-2H3,(H2,23,30,31)(H,24,26,27)/t9-,10-/m0/s1. The van der Waals surface area contributed by atoms with Crippen LogP contribution in [0.4, 0.5) is 29.2 Å². The van der Waals surface area contributed by atoms with Gasteiger partial charge in [0.05, 0.1) is 34.6 Å². The van der Waals surface area contributed by atoms with Gasteiger partial charge >= 0.3 is 6.18 Å². The van der Waals surface area contributed by atoms with Gasteiger partial charge in [0.2, 0.25) is 16.0 Å². The van der Waals surface area contributed by atoms with Gasteiger partial charge in [-0.3, -0.25) is 4.68 Å². The molecule has 3 aromatic rings. The normalized spacial score (nSPS) is 14.2. The lowest BCUT2D eigenvalue weighted by Crippen LogP contribution is -2.18. The first-order valence-electron chi connectivity index (χ1n) is 9.03. The van der Waals surface area contributed by atoms with Gasteiger partial charge in [0.15, 0.2) is 0 Å². The van der Waals surface area contributed by atoms with E-state index in [-0.39, 0.29) is 17.2 Å². The summed E-state index contributed by atoms with van der Waals surface area (Å²) in [5, 5.41) is 21.0. The molecule has 9 nitrogen and oxygen atoms in total. The number of aliphatic hydroxyl groups is 1. The molecule has 0 fully saturated rings. The Morgan fingerprint density at radius 3 is 2.47 bits per heavy atom. The van der Waals surface area contributed by atoms with E-state index >= 15 is 0 Å². The van der Waals surface area contributed by atoms with Crippen molar-refractivity contribution in [3.63, 3.8) is 0 Å². The van der Waals surface area contributed by atoms with E-state index in [0.717, 1.165) is 18.3 Å². The van der Waals surface area contributed by atoms with Crippen molar-refractivity contribution >= 4 is 21.7 Å². The van der Waals surface area contributed by atoms with Crippen LogP contribution in [0.3, 0.4) is 0 Å². The largest absolute Gasteiger partial charge is 0.419 e. The Labute approximate surface area is 180 Å². The molecule has 0 bridgehead atoms. The van der Waals surface area contributed by atoms with Crippen LogP contribution < -0.4 is 10.5 Å². The molecule has 0 unspecified atom stereocenters. The average Bonchev–Trinajstić information content (AvgIpc) is 3.17. The molecule has 0 spiro atoms. The predicted molar refractivity (Wildman–Crippen MR) is 106 cm³/mol. The number of hydrogen-bond donors (Lipinski definition) is 3. The zero-order valence-corrected chi connectivity index (χ0v) is 17.5. The Morgan fingerprint density at radius 2 is 1.91 bits per heavy atom. The van der Waals surface area contributed by atoms with Gasteiger partial charge in [0.25, 0.3) is 0 Å². The van der Waals surface area contributed by atoms with Gasteiger partial charge in [-0.1, -0.05) is 0 Å². The Balaban J connectivity index is 2.02. The number of anilines is 2. The number of nitrogens with zero attached hydrogens (tertiary/aromatic N) is 4. The summed E-state index contributed by atoms with van der Waals surface area (Å²) in [5.41, 5.74) is -1.93. The Kier molecular flexibility index (Phi) is 6.22. The van der Waals surface area contributed by atoms with Crippen LogP contribution in [0, 0.1) is 5.82 Å². The summed E-state index contributed by atoms with van der Waals surface area (Å²) < 4.78 is 78.7. The Bertz CT molecular complexity index is 1240. The third-order valence-corrected chi connectivity index (χ3v) is 5.51. The highest BCUT2D eigenvalue weighted by atomic mass is 32.2. The van der Waals surface area contributed by atoms with Gasteiger partial charge in [0, 0.05) is 18.0 Å². The number of primary sulfonamides is 1. The molecular weight excluding hydrogens is 456 g/mol. The third-order valence-electron chi connectivity index (χ3n) is 4.60. The van der Waals surface area contributed by atoms with E-state index in [1.165, 1.54) is 17.8 Å². The molecular formula is C18H18F4N6O3S. The van der Waals surface area contributed by atoms with Gasteiger partial charge < -0.3 is 10.4 Å². The summed E-state index contributed by atoms with van der Waals surface area (Å²) in [7, 11) is -4.14. The first-order chi connectivity index (χ1) is 14.8. The van der Waals surface area contributed by atoms with Gasteiger partial charge in [0.1, 0.15) is 11.4 Å². The van der Waals surface area contributed by atoms with Crippen molar-refractivity contribution in [2.24, 2.45) is 5.14 Å². The van der Waals surface area contributed by atoms with Gasteiger partial charge in [-0.05, 0) is 32.0 Å². The van der Waals surface area contributed by atoms with E-state index in [1.54, 1.807) is 6.92 Å². The maximum absolute atomic E-state index is 14.3. The number of nitrogens with one attached hydrogen (secondary N) is 1. The number of nitrogens with two attached hydrogens (primary N) is 1. The maximum Gasteiger partial charge on any atom is 0.419 e. The molecule has 1 aromatic carbocycles. The second-order valence-corrected chi connectivity index (χ2v) is 8.52. The number of sulfonamides is 1. The zero-order valence-electron chi connectivity index (χ0n) is 16.7. The van der Waals surface area contributed by atoms with E-state index in [1.807, 2.05) is 0 Å². The molecule has 2 atom stereocenters. The lowest BCUT2D eigenvalue weighted by atomic mass is 10.1. The lowest BCUT2D eigenvalue weighted by molar-refractivity contribution is -0.137. The van der Waals surface area contributed by atoms with Crippen LogP contribution in [0.15, 0.2) is 41.7 Å². The molecule has 0 amide bonds. The summed E-state index contributed by atoms with van der Waals surface area (Å²) in [6.07, 6.45) is -2.61. The fourth-order valence-electron chi connectivity index (χ4n) is 2.67. The van der Waals surface area contributed by atoms with Crippen LogP contribution in [-0.2, 0) is 16.2 Å². The summed E-state index contributed by atoms with van der Waals surface area (Å²) in [6.45, 7) is 3.14. The number of halogens is 4. The predicted octanol–water partition coefficient (Wildman–Crippen LogP) is 2.83. The smallest absolute Gasteiger partial charge is 0.391 e. The number of hydrogen-bond acceptors (Lipinski definition) is 7. The van der Waals surface area contributed by atoms with Crippen LogP contribution in [0.5, 0.6) is 0 Å². The summed E-state index contributed by atoms with van der Waals surface area (Å²) >= 11 is 0. The molecule has 172 valence electrons. The van der Waals surface area contributed by atoms with E-state index < -0.39 is 50.3 Å². The highest BCUT2D eigenvalue weighted by Crippen LogP contribution is 2.36. The van der Waals surface area contributed by atoms with Crippen LogP contribution in [0.1, 0.15) is 25.5 Å². The molecule has 2 heterocycles. The van der Waals surface area contributed by atoms with Crippen LogP contribution in [0.25, 0.3) is 11.3 Å². The quantitative estimate of drug-likeness (QED) is 0.468. The van der Waals surface area contributed by atoms with Gasteiger partial charge in [-0.2, -0.15) is 18.3 Å².